The van der Waals surface area contributed by atoms with E-state index in [1.54, 1.807) is 34.1 Å². The molecule has 0 aliphatic carbocycles. The summed E-state index contributed by atoms with van der Waals surface area (Å²) in [6, 6.07) is 19.9. The normalized spacial score (nSPS) is 15.1. The van der Waals surface area contributed by atoms with Crippen molar-refractivity contribution in [3.05, 3.63) is 106 Å². The molecule has 3 aromatic carbocycles. The third kappa shape index (κ3) is 10.9. The summed E-state index contributed by atoms with van der Waals surface area (Å²) < 4.78 is 29.8. The molecule has 15 heteroatoms. The van der Waals surface area contributed by atoms with Gasteiger partial charge in [0.2, 0.25) is 21.8 Å². The fraction of sp³-hybridized carbons (Fsp3) is 0.415. The quantitative estimate of drug-likeness (QED) is 0.101. The molecular formula is C41H52N6O7S2. The van der Waals surface area contributed by atoms with E-state index in [0.717, 1.165) is 26.1 Å². The number of hydrogen-bond donors (Lipinski definition) is 4. The van der Waals surface area contributed by atoms with E-state index in [1.165, 1.54) is 29.5 Å². The molecule has 13 nitrogen and oxygen atoms in total. The second kappa shape index (κ2) is 18.9. The number of anilines is 1. The second-order valence-electron chi connectivity index (χ2n) is 14.9. The van der Waals surface area contributed by atoms with Gasteiger partial charge in [-0.1, -0.05) is 88.4 Å². The molecule has 0 saturated carbocycles. The van der Waals surface area contributed by atoms with E-state index in [9.17, 15) is 33.0 Å². The van der Waals surface area contributed by atoms with Crippen LogP contribution in [0, 0.1) is 18.8 Å². The smallest absolute Gasteiger partial charge is 0.321 e. The summed E-state index contributed by atoms with van der Waals surface area (Å²) in [6.07, 6.45) is -1.17. The molecule has 4 aromatic rings. The topological polar surface area (TPSA) is 172 Å². The molecule has 0 bridgehead atoms. The molecule has 1 saturated heterocycles. The number of aliphatic hydroxyl groups excluding tert-OH is 1. The summed E-state index contributed by atoms with van der Waals surface area (Å²) in [5, 5.41) is 30.9. The number of aromatic nitrogens is 1. The van der Waals surface area contributed by atoms with Crippen LogP contribution in [0.3, 0.4) is 0 Å². The molecule has 3 atom stereocenters. The van der Waals surface area contributed by atoms with Gasteiger partial charge in [0.1, 0.15) is 11.8 Å². The van der Waals surface area contributed by atoms with Crippen LogP contribution in [-0.4, -0.2) is 99.9 Å². The number of sulfonamides is 1. The molecule has 56 heavy (non-hydrogen) atoms. The lowest BCUT2D eigenvalue weighted by Gasteiger charge is -2.34. The van der Waals surface area contributed by atoms with Crippen molar-refractivity contribution >= 4 is 44.9 Å². The van der Waals surface area contributed by atoms with E-state index >= 15 is 0 Å². The zero-order valence-corrected chi connectivity index (χ0v) is 34.1. The Hall–Kier alpha value is -4.83. The molecule has 300 valence electrons. The summed E-state index contributed by atoms with van der Waals surface area (Å²) in [4.78, 5) is 48.2. The summed E-state index contributed by atoms with van der Waals surface area (Å²) in [5.74, 6) is -1.61. The number of aromatic hydroxyl groups is 1. The number of aliphatic hydroxyl groups is 1. The molecule has 4 N–H and O–H groups in total. The monoisotopic (exact) mass is 804 g/mol. The van der Waals surface area contributed by atoms with Crippen LogP contribution in [0.2, 0.25) is 0 Å². The highest BCUT2D eigenvalue weighted by atomic mass is 32.2. The fourth-order valence-corrected chi connectivity index (χ4v) is 9.07. The number of nitrogens with one attached hydrogen (secondary N) is 2. The molecule has 5 rings (SSSR count). The summed E-state index contributed by atoms with van der Waals surface area (Å²) in [6.45, 7) is 10.1. The third-order valence-corrected chi connectivity index (χ3v) is 12.2. The van der Waals surface area contributed by atoms with Gasteiger partial charge in [0, 0.05) is 31.6 Å². The van der Waals surface area contributed by atoms with Crippen molar-refractivity contribution in [1.82, 2.24) is 24.4 Å². The van der Waals surface area contributed by atoms with Crippen molar-refractivity contribution in [3.8, 4) is 5.75 Å². The third-order valence-electron chi connectivity index (χ3n) is 9.52. The van der Waals surface area contributed by atoms with Crippen LogP contribution in [-0.2, 0) is 39.0 Å². The van der Waals surface area contributed by atoms with Gasteiger partial charge in [0.25, 0.3) is 0 Å². The number of amides is 4. The first kappa shape index (κ1) is 42.3. The van der Waals surface area contributed by atoms with Gasteiger partial charge in [-0.15, -0.1) is 11.3 Å². The Morgan fingerprint density at radius 1 is 0.946 bits per heavy atom. The van der Waals surface area contributed by atoms with Gasteiger partial charge in [-0.3, -0.25) is 9.59 Å². The Balaban J connectivity index is 1.36. The number of carbonyl (C=O) groups is 3. The Bertz CT molecular complexity index is 2060. The van der Waals surface area contributed by atoms with E-state index in [0.29, 0.717) is 19.6 Å². The van der Waals surface area contributed by atoms with Crippen molar-refractivity contribution < 1.29 is 33.0 Å². The molecule has 1 aromatic heterocycles. The Labute approximate surface area is 333 Å². The minimum Gasteiger partial charge on any atom is -0.506 e. The highest BCUT2D eigenvalue weighted by molar-refractivity contribution is 7.89. The SMILES string of the molecule is Cc1nc(CN2CCN([C@H](C(=O)N[C@@H](Cc3ccccc3)[C@@H](O)CN(CC(C)C)S(=O)(=O)c3ccc(O)c(NC(=O)Cc4ccccc4)c3)C(C)C)C2=O)cs1. The maximum absolute atomic E-state index is 14.3. The average Bonchev–Trinajstić information content (AvgIpc) is 3.72. The van der Waals surface area contributed by atoms with Gasteiger partial charge in [-0.05, 0) is 54.5 Å². The first-order valence-electron chi connectivity index (χ1n) is 18.8. The van der Waals surface area contributed by atoms with E-state index in [4.69, 9.17) is 0 Å². The predicted molar refractivity (Wildman–Crippen MR) is 217 cm³/mol. The van der Waals surface area contributed by atoms with E-state index in [-0.39, 0.29) is 60.1 Å². The molecule has 0 unspecified atom stereocenters. The zero-order valence-electron chi connectivity index (χ0n) is 32.5. The van der Waals surface area contributed by atoms with Crippen LogP contribution in [0.15, 0.2) is 89.1 Å². The van der Waals surface area contributed by atoms with Gasteiger partial charge < -0.3 is 30.6 Å². The molecule has 4 amide bonds. The van der Waals surface area contributed by atoms with E-state index in [2.05, 4.69) is 15.6 Å². The number of rotatable bonds is 18. The zero-order chi connectivity index (χ0) is 40.6. The number of aryl methyl sites for hydroxylation is 1. The van der Waals surface area contributed by atoms with E-state index in [1.807, 2.05) is 76.4 Å². The summed E-state index contributed by atoms with van der Waals surface area (Å²) in [5.41, 5.74) is 2.28. The van der Waals surface area contributed by atoms with Gasteiger partial charge in [-0.2, -0.15) is 4.31 Å². The Morgan fingerprint density at radius 2 is 1.61 bits per heavy atom. The van der Waals surface area contributed by atoms with E-state index < -0.39 is 40.0 Å². The number of phenolic OH excluding ortho intramolecular Hbond substituents is 1. The highest BCUT2D eigenvalue weighted by Crippen LogP contribution is 2.29. The standard InChI is InChI=1S/C41H52N6O7S2/c1-27(2)23-46(56(53,54)33-16-17-36(48)35(22-33)43-38(50)21-31-14-10-7-11-15-31)25-37(49)34(20-30-12-8-6-9-13-30)44-40(51)39(28(3)4)47-19-18-45(41(47)52)24-32-26-55-29(5)42-32/h6-17,22,26-28,34,37,39,48-49H,18-21,23-25H2,1-5H3,(H,43,50)(H,44,51)/t34-,37-,39-/m0/s1. The van der Waals surface area contributed by atoms with Crippen molar-refractivity contribution in [3.63, 3.8) is 0 Å². The first-order chi connectivity index (χ1) is 26.6. The maximum atomic E-state index is 14.3. The number of benzene rings is 3. The maximum Gasteiger partial charge on any atom is 0.321 e. The number of urea groups is 1. The van der Waals surface area contributed by atoms with Gasteiger partial charge in [0.05, 0.1) is 46.4 Å². The molecule has 0 radical (unpaired) electrons. The largest absolute Gasteiger partial charge is 0.506 e. The van der Waals surface area contributed by atoms with Crippen LogP contribution >= 0.6 is 11.3 Å². The lowest BCUT2D eigenvalue weighted by Crippen LogP contribution is -2.57. The minimum absolute atomic E-state index is 0.0194. The minimum atomic E-state index is -4.31. The van der Waals surface area contributed by atoms with Crippen LogP contribution in [0.5, 0.6) is 5.75 Å². The molecule has 1 fully saturated rings. The Morgan fingerprint density at radius 3 is 2.21 bits per heavy atom. The lowest BCUT2D eigenvalue weighted by atomic mass is 9.97. The number of phenols is 1. The van der Waals surface area contributed by atoms with Crippen LogP contribution in [0.1, 0.15) is 49.5 Å². The highest BCUT2D eigenvalue weighted by Gasteiger charge is 2.40. The Kier molecular flexibility index (Phi) is 14.3. The summed E-state index contributed by atoms with van der Waals surface area (Å²) in [7, 11) is -4.31. The fourth-order valence-electron chi connectivity index (χ4n) is 6.82. The lowest BCUT2D eigenvalue weighted by molar-refractivity contribution is -0.128. The average molecular weight is 805 g/mol. The van der Waals surface area contributed by atoms with Crippen molar-refractivity contribution in [2.24, 2.45) is 11.8 Å². The molecule has 2 heterocycles. The number of hydrogen-bond acceptors (Lipinski definition) is 9. The van der Waals surface area contributed by atoms with Crippen LogP contribution in [0.25, 0.3) is 0 Å². The van der Waals surface area contributed by atoms with Crippen molar-refractivity contribution in [2.75, 3.05) is 31.5 Å². The van der Waals surface area contributed by atoms with Crippen molar-refractivity contribution in [2.45, 2.75) is 77.1 Å². The molecule has 1 aliphatic rings. The van der Waals surface area contributed by atoms with Gasteiger partial charge >= 0.3 is 6.03 Å². The van der Waals surface area contributed by atoms with Gasteiger partial charge in [-0.25, -0.2) is 18.2 Å². The predicted octanol–water partition coefficient (Wildman–Crippen LogP) is 5.04. The molecule has 1 aliphatic heterocycles. The number of nitrogens with zero attached hydrogens (tertiary/aromatic N) is 4. The molecular weight excluding hydrogens is 753 g/mol. The van der Waals surface area contributed by atoms with Crippen LogP contribution in [0.4, 0.5) is 10.5 Å². The van der Waals surface area contributed by atoms with Crippen LogP contribution < -0.4 is 10.6 Å². The summed E-state index contributed by atoms with van der Waals surface area (Å²) >= 11 is 1.51. The number of carbonyl (C=O) groups excluding carboxylic acids is 3. The van der Waals surface area contributed by atoms with Crippen molar-refractivity contribution in [1.29, 1.82) is 0 Å². The number of thiazole rings is 1. The second-order valence-corrected chi connectivity index (χ2v) is 17.9. The first-order valence-corrected chi connectivity index (χ1v) is 21.1. The molecule has 0 spiro atoms. The van der Waals surface area contributed by atoms with Gasteiger partial charge in [0.15, 0.2) is 0 Å².